The van der Waals surface area contributed by atoms with Gasteiger partial charge in [-0.3, -0.25) is 0 Å². The van der Waals surface area contributed by atoms with Gasteiger partial charge in [0.25, 0.3) is 0 Å². The van der Waals surface area contributed by atoms with E-state index in [9.17, 15) is 0 Å². The molecule has 0 bridgehead atoms. The maximum absolute atomic E-state index is 6.13. The fourth-order valence-electron chi connectivity index (χ4n) is 3.04. The highest BCUT2D eigenvalue weighted by Crippen LogP contribution is 2.40. The van der Waals surface area contributed by atoms with Crippen molar-refractivity contribution >= 4 is 75.7 Å². The minimum Gasteiger partial charge on any atom is -0.456 e. The van der Waals surface area contributed by atoms with Gasteiger partial charge in [0.05, 0.1) is 5.39 Å². The van der Waals surface area contributed by atoms with Crippen molar-refractivity contribution in [3.05, 3.63) is 57.5 Å². The van der Waals surface area contributed by atoms with Gasteiger partial charge in [-0.15, -0.1) is 0 Å². The maximum atomic E-state index is 6.13. The van der Waals surface area contributed by atoms with Crippen LogP contribution in [0.1, 0.15) is 0 Å². The summed E-state index contributed by atoms with van der Waals surface area (Å²) in [6.07, 6.45) is 0. The molecule has 0 radical (unpaired) electrons. The largest absolute Gasteiger partial charge is 0.456 e. The van der Waals surface area contributed by atoms with Crippen molar-refractivity contribution in [3.8, 4) is 0 Å². The van der Waals surface area contributed by atoms with Gasteiger partial charge in [-0.2, -0.15) is 0 Å². The molecule has 2 aromatic heterocycles. The molecule has 0 aliphatic heterocycles. The van der Waals surface area contributed by atoms with Crippen LogP contribution >= 0.6 is 31.9 Å². The van der Waals surface area contributed by atoms with E-state index in [1.54, 1.807) is 0 Å². The topological polar surface area (TPSA) is 26.3 Å². The normalized spacial score (nSPS) is 12.1. The van der Waals surface area contributed by atoms with Crippen LogP contribution in [0.2, 0.25) is 0 Å². The van der Waals surface area contributed by atoms with E-state index in [-0.39, 0.29) is 0 Å². The summed E-state index contributed by atoms with van der Waals surface area (Å²) in [5.41, 5.74) is 3.48. The first-order valence-electron chi connectivity index (χ1n) is 6.83. The lowest BCUT2D eigenvalue weighted by molar-refractivity contribution is 0.662. The molecule has 22 heavy (non-hydrogen) atoms. The van der Waals surface area contributed by atoms with E-state index >= 15 is 0 Å². The standard InChI is InChI=1S/C18H8Br2O2/c19-9-1-4-14-12(7-9)11-3-6-16-17(18(11)22-14)13-8-10(20)2-5-15(13)21-16/h1-8H. The summed E-state index contributed by atoms with van der Waals surface area (Å²) >= 11 is 7.06. The molecule has 0 spiro atoms. The smallest absolute Gasteiger partial charge is 0.147 e. The lowest BCUT2D eigenvalue weighted by Gasteiger charge is -1.93. The zero-order chi connectivity index (χ0) is 14.8. The monoisotopic (exact) mass is 414 g/mol. The van der Waals surface area contributed by atoms with Crippen molar-refractivity contribution in [2.24, 2.45) is 0 Å². The Kier molecular flexibility index (Phi) is 2.53. The highest BCUT2D eigenvalue weighted by Gasteiger charge is 2.16. The van der Waals surface area contributed by atoms with Crippen molar-refractivity contribution < 1.29 is 8.83 Å². The molecular weight excluding hydrogens is 408 g/mol. The molecule has 2 nitrogen and oxygen atoms in total. The van der Waals surface area contributed by atoms with E-state index in [1.165, 1.54) is 0 Å². The van der Waals surface area contributed by atoms with Crippen molar-refractivity contribution in [2.45, 2.75) is 0 Å². The van der Waals surface area contributed by atoms with Gasteiger partial charge in [-0.05, 0) is 48.5 Å². The van der Waals surface area contributed by atoms with Crippen molar-refractivity contribution in [3.63, 3.8) is 0 Å². The highest BCUT2D eigenvalue weighted by molar-refractivity contribution is 9.10. The fraction of sp³-hybridized carbons (Fsp3) is 0. The number of rotatable bonds is 0. The number of fused-ring (bicyclic) bond motifs is 7. The van der Waals surface area contributed by atoms with Gasteiger partial charge < -0.3 is 8.83 Å². The lowest BCUT2D eigenvalue weighted by Crippen LogP contribution is -1.70. The Morgan fingerprint density at radius 2 is 1.23 bits per heavy atom. The second-order valence-electron chi connectivity index (χ2n) is 5.30. The van der Waals surface area contributed by atoms with Crippen LogP contribution in [0.4, 0.5) is 0 Å². The Hall–Kier alpha value is -1.78. The average molecular weight is 416 g/mol. The summed E-state index contributed by atoms with van der Waals surface area (Å²) < 4.78 is 14.1. The number of halogens is 2. The number of benzene rings is 3. The van der Waals surface area contributed by atoms with E-state index in [1.807, 2.05) is 30.3 Å². The fourth-order valence-corrected chi connectivity index (χ4v) is 3.76. The number of hydrogen-bond donors (Lipinski definition) is 0. The Morgan fingerprint density at radius 3 is 2.00 bits per heavy atom. The van der Waals surface area contributed by atoms with Crippen LogP contribution in [0.3, 0.4) is 0 Å². The molecule has 0 fully saturated rings. The molecular formula is C18H8Br2O2. The van der Waals surface area contributed by atoms with Crippen LogP contribution in [0.5, 0.6) is 0 Å². The van der Waals surface area contributed by atoms with Crippen molar-refractivity contribution in [2.75, 3.05) is 0 Å². The van der Waals surface area contributed by atoms with Gasteiger partial charge in [0, 0.05) is 25.1 Å². The second kappa shape index (κ2) is 4.37. The molecule has 0 atom stereocenters. The molecule has 0 unspecified atom stereocenters. The summed E-state index contributed by atoms with van der Waals surface area (Å²) in [6.45, 7) is 0. The Labute approximate surface area is 141 Å². The first-order chi connectivity index (χ1) is 10.7. The van der Waals surface area contributed by atoms with E-state index in [4.69, 9.17) is 8.83 Å². The third-order valence-corrected chi connectivity index (χ3v) is 4.98. The predicted octanol–water partition coefficient (Wildman–Crippen LogP) is 7.01. The van der Waals surface area contributed by atoms with Gasteiger partial charge >= 0.3 is 0 Å². The van der Waals surface area contributed by atoms with Gasteiger partial charge in [-0.25, -0.2) is 0 Å². The molecule has 0 saturated heterocycles. The first kappa shape index (κ1) is 12.7. The molecule has 0 saturated carbocycles. The predicted molar refractivity (Wildman–Crippen MR) is 96.4 cm³/mol. The Morgan fingerprint density at radius 1 is 0.591 bits per heavy atom. The molecule has 0 N–H and O–H groups in total. The van der Waals surface area contributed by atoms with Gasteiger partial charge in [0.2, 0.25) is 0 Å². The third-order valence-electron chi connectivity index (χ3n) is 3.99. The second-order valence-corrected chi connectivity index (χ2v) is 7.13. The SMILES string of the molecule is Brc1ccc2oc3c(ccc4oc5ccc(Br)cc5c43)c2c1. The van der Waals surface area contributed by atoms with Crippen LogP contribution in [-0.4, -0.2) is 0 Å². The first-order valence-corrected chi connectivity index (χ1v) is 8.42. The van der Waals surface area contributed by atoms with Gasteiger partial charge in [-0.1, -0.05) is 31.9 Å². The van der Waals surface area contributed by atoms with Crippen LogP contribution in [-0.2, 0) is 0 Å². The van der Waals surface area contributed by atoms with Crippen LogP contribution < -0.4 is 0 Å². The van der Waals surface area contributed by atoms with E-state index in [2.05, 4.69) is 50.1 Å². The number of hydrogen-bond acceptors (Lipinski definition) is 2. The minimum absolute atomic E-state index is 0.846. The van der Waals surface area contributed by atoms with Gasteiger partial charge in [0.1, 0.15) is 22.3 Å². The van der Waals surface area contributed by atoms with E-state index in [0.717, 1.165) is 52.8 Å². The maximum Gasteiger partial charge on any atom is 0.147 e. The van der Waals surface area contributed by atoms with Crippen molar-refractivity contribution in [1.82, 2.24) is 0 Å². The average Bonchev–Trinajstić information content (AvgIpc) is 3.04. The summed E-state index contributed by atoms with van der Waals surface area (Å²) in [5, 5.41) is 4.30. The summed E-state index contributed by atoms with van der Waals surface area (Å²) in [5.74, 6) is 0. The summed E-state index contributed by atoms with van der Waals surface area (Å²) in [4.78, 5) is 0. The van der Waals surface area contributed by atoms with Crippen LogP contribution in [0.25, 0.3) is 43.9 Å². The quantitative estimate of drug-likeness (QED) is 0.272. The van der Waals surface area contributed by atoms with E-state index in [0.29, 0.717) is 0 Å². The zero-order valence-corrected chi connectivity index (χ0v) is 14.4. The van der Waals surface area contributed by atoms with E-state index < -0.39 is 0 Å². The molecule has 5 rings (SSSR count). The molecule has 4 heteroatoms. The lowest BCUT2D eigenvalue weighted by atomic mass is 10.1. The zero-order valence-electron chi connectivity index (χ0n) is 11.2. The molecule has 0 amide bonds. The summed E-state index contributed by atoms with van der Waals surface area (Å²) in [6, 6.07) is 16.2. The van der Waals surface area contributed by atoms with Crippen LogP contribution in [0, 0.1) is 0 Å². The molecule has 3 aromatic carbocycles. The molecule has 2 heterocycles. The van der Waals surface area contributed by atoms with Gasteiger partial charge in [0.15, 0.2) is 0 Å². The summed E-state index contributed by atoms with van der Waals surface area (Å²) in [7, 11) is 0. The Balaban J connectivity index is 2.08. The third kappa shape index (κ3) is 1.65. The minimum atomic E-state index is 0.846. The van der Waals surface area contributed by atoms with Crippen molar-refractivity contribution in [1.29, 1.82) is 0 Å². The van der Waals surface area contributed by atoms with Crippen LogP contribution in [0.15, 0.2) is 66.3 Å². The molecule has 0 aliphatic carbocycles. The molecule has 5 aromatic rings. The number of furan rings is 2. The Bertz CT molecular complexity index is 1200. The highest BCUT2D eigenvalue weighted by atomic mass is 79.9. The molecule has 0 aliphatic rings. The molecule has 106 valence electrons.